The van der Waals surface area contributed by atoms with Gasteiger partial charge in [-0.25, -0.2) is 13.2 Å². The van der Waals surface area contributed by atoms with Gasteiger partial charge >= 0.3 is 5.97 Å². The van der Waals surface area contributed by atoms with Gasteiger partial charge in [-0.05, 0) is 24.7 Å². The standard InChI is InChI=1S/C12H21NO5S/c1-8(2)5-10(12(15)16)13-11(14)6-9-3-4-19(17,18)7-9/h8-10H,3-7H2,1-2H3,(H,13,14)(H,15,16)/t9?,10-/m0/s1. The maximum Gasteiger partial charge on any atom is 0.326 e. The third-order valence-electron chi connectivity index (χ3n) is 3.14. The number of aliphatic carboxylic acids is 1. The molecule has 1 heterocycles. The Bertz CT molecular complexity index is 443. The quantitative estimate of drug-likeness (QED) is 0.739. The van der Waals surface area contributed by atoms with E-state index in [4.69, 9.17) is 5.11 Å². The summed E-state index contributed by atoms with van der Waals surface area (Å²) in [7, 11) is -3.00. The first kappa shape index (κ1) is 15.9. The number of hydrogen-bond donors (Lipinski definition) is 2. The van der Waals surface area contributed by atoms with Crippen LogP contribution in [0, 0.1) is 11.8 Å². The van der Waals surface area contributed by atoms with Crippen LogP contribution in [0.15, 0.2) is 0 Å². The van der Waals surface area contributed by atoms with E-state index in [-0.39, 0.29) is 35.7 Å². The normalized spacial score (nSPS) is 23.2. The molecule has 0 aromatic heterocycles. The lowest BCUT2D eigenvalue weighted by Gasteiger charge is -2.17. The van der Waals surface area contributed by atoms with Gasteiger partial charge in [-0.15, -0.1) is 0 Å². The molecule has 1 saturated heterocycles. The zero-order valence-electron chi connectivity index (χ0n) is 11.3. The Morgan fingerprint density at radius 3 is 2.42 bits per heavy atom. The van der Waals surface area contributed by atoms with Crippen molar-refractivity contribution in [2.45, 2.75) is 39.2 Å². The molecule has 1 rings (SSSR count). The van der Waals surface area contributed by atoms with Crippen LogP contribution in [-0.4, -0.2) is 42.9 Å². The molecule has 0 saturated carbocycles. The molecule has 1 aliphatic rings. The van der Waals surface area contributed by atoms with Gasteiger partial charge in [-0.3, -0.25) is 4.79 Å². The molecule has 19 heavy (non-hydrogen) atoms. The Kier molecular flexibility index (Phi) is 5.34. The molecule has 6 nitrogen and oxygen atoms in total. The van der Waals surface area contributed by atoms with E-state index < -0.39 is 21.8 Å². The van der Waals surface area contributed by atoms with E-state index in [0.29, 0.717) is 12.8 Å². The largest absolute Gasteiger partial charge is 0.480 e. The molecule has 2 N–H and O–H groups in total. The van der Waals surface area contributed by atoms with Crippen LogP contribution in [0.4, 0.5) is 0 Å². The van der Waals surface area contributed by atoms with Gasteiger partial charge in [-0.2, -0.15) is 0 Å². The van der Waals surface area contributed by atoms with Crippen LogP contribution in [0.3, 0.4) is 0 Å². The molecule has 1 aliphatic heterocycles. The lowest BCUT2D eigenvalue weighted by molar-refractivity contribution is -0.142. The summed E-state index contributed by atoms with van der Waals surface area (Å²) < 4.78 is 22.5. The summed E-state index contributed by atoms with van der Waals surface area (Å²) in [6.07, 6.45) is 0.933. The highest BCUT2D eigenvalue weighted by molar-refractivity contribution is 7.91. The Labute approximate surface area is 113 Å². The van der Waals surface area contributed by atoms with Crippen molar-refractivity contribution in [3.05, 3.63) is 0 Å². The average Bonchev–Trinajstić information content (AvgIpc) is 2.56. The zero-order valence-corrected chi connectivity index (χ0v) is 12.1. The smallest absolute Gasteiger partial charge is 0.326 e. The van der Waals surface area contributed by atoms with E-state index in [1.54, 1.807) is 0 Å². The van der Waals surface area contributed by atoms with Crippen LogP contribution < -0.4 is 5.32 Å². The van der Waals surface area contributed by atoms with Crippen molar-refractivity contribution in [1.29, 1.82) is 0 Å². The fraction of sp³-hybridized carbons (Fsp3) is 0.833. The number of carbonyl (C=O) groups is 2. The van der Waals surface area contributed by atoms with Crippen molar-refractivity contribution in [3.8, 4) is 0 Å². The monoisotopic (exact) mass is 291 g/mol. The van der Waals surface area contributed by atoms with Gasteiger partial charge < -0.3 is 10.4 Å². The minimum absolute atomic E-state index is 0.0301. The molecule has 110 valence electrons. The molecule has 7 heteroatoms. The highest BCUT2D eigenvalue weighted by Crippen LogP contribution is 2.21. The maximum absolute atomic E-state index is 11.7. The Balaban J connectivity index is 2.47. The molecule has 0 radical (unpaired) electrons. The first-order valence-electron chi connectivity index (χ1n) is 6.42. The number of carboxylic acid groups (broad SMARTS) is 1. The van der Waals surface area contributed by atoms with Crippen molar-refractivity contribution >= 4 is 21.7 Å². The number of carboxylic acids is 1. The molecule has 0 bridgehead atoms. The molecule has 2 atom stereocenters. The molecule has 0 spiro atoms. The van der Waals surface area contributed by atoms with Crippen LogP contribution in [0.25, 0.3) is 0 Å². The molecular weight excluding hydrogens is 270 g/mol. The SMILES string of the molecule is CC(C)C[C@H](NC(=O)CC1CCS(=O)(=O)C1)C(=O)O. The third kappa shape index (κ3) is 5.59. The first-order chi connectivity index (χ1) is 8.69. The summed E-state index contributed by atoms with van der Waals surface area (Å²) in [6, 6.07) is -0.898. The number of sulfone groups is 1. The average molecular weight is 291 g/mol. The van der Waals surface area contributed by atoms with Gasteiger partial charge in [0.15, 0.2) is 9.84 Å². The highest BCUT2D eigenvalue weighted by atomic mass is 32.2. The van der Waals surface area contributed by atoms with Gasteiger partial charge in [0.1, 0.15) is 6.04 Å². The van der Waals surface area contributed by atoms with Gasteiger partial charge in [0.2, 0.25) is 5.91 Å². The summed E-state index contributed by atoms with van der Waals surface area (Å²) in [5, 5.41) is 11.5. The molecule has 0 aromatic carbocycles. The maximum atomic E-state index is 11.7. The second kappa shape index (κ2) is 6.36. The first-order valence-corrected chi connectivity index (χ1v) is 8.24. The van der Waals surface area contributed by atoms with E-state index >= 15 is 0 Å². The Morgan fingerprint density at radius 1 is 1.37 bits per heavy atom. The summed E-state index contributed by atoms with van der Waals surface area (Å²) in [5.74, 6) is -1.30. The van der Waals surface area contributed by atoms with Crippen molar-refractivity contribution in [1.82, 2.24) is 5.32 Å². The Hall–Kier alpha value is -1.11. The predicted molar refractivity (Wildman–Crippen MR) is 70.4 cm³/mol. The fourth-order valence-corrected chi connectivity index (χ4v) is 4.10. The lowest BCUT2D eigenvalue weighted by Crippen LogP contribution is -2.42. The number of nitrogens with one attached hydrogen (secondary N) is 1. The molecular formula is C12H21NO5S. The van der Waals surface area contributed by atoms with Crippen LogP contribution in [0.5, 0.6) is 0 Å². The Morgan fingerprint density at radius 2 is 2.00 bits per heavy atom. The molecule has 1 fully saturated rings. The molecule has 1 amide bonds. The summed E-state index contributed by atoms with van der Waals surface area (Å²) in [4.78, 5) is 22.7. The van der Waals surface area contributed by atoms with Crippen LogP contribution in [0.2, 0.25) is 0 Å². The second-order valence-electron chi connectivity index (χ2n) is 5.56. The highest BCUT2D eigenvalue weighted by Gasteiger charge is 2.30. The lowest BCUT2D eigenvalue weighted by atomic mass is 10.0. The molecule has 0 aliphatic carbocycles. The van der Waals surface area contributed by atoms with E-state index in [2.05, 4.69) is 5.32 Å². The summed E-state index contributed by atoms with van der Waals surface area (Å²) >= 11 is 0. The van der Waals surface area contributed by atoms with Crippen molar-refractivity contribution < 1.29 is 23.1 Å². The van der Waals surface area contributed by atoms with Crippen molar-refractivity contribution in [2.24, 2.45) is 11.8 Å². The van der Waals surface area contributed by atoms with Crippen LogP contribution >= 0.6 is 0 Å². The van der Waals surface area contributed by atoms with Crippen LogP contribution in [-0.2, 0) is 19.4 Å². The van der Waals surface area contributed by atoms with E-state index in [0.717, 1.165) is 0 Å². The number of amides is 1. The minimum Gasteiger partial charge on any atom is -0.480 e. The molecule has 0 aromatic rings. The number of rotatable bonds is 6. The fourth-order valence-electron chi connectivity index (χ4n) is 2.24. The van der Waals surface area contributed by atoms with Crippen LogP contribution in [0.1, 0.15) is 33.1 Å². The predicted octanol–water partition coefficient (Wildman–Crippen LogP) is 0.427. The van der Waals surface area contributed by atoms with Gasteiger partial charge in [0.05, 0.1) is 11.5 Å². The summed E-state index contributed by atoms with van der Waals surface area (Å²) in [5.41, 5.74) is 0. The van der Waals surface area contributed by atoms with Crippen molar-refractivity contribution in [3.63, 3.8) is 0 Å². The number of hydrogen-bond acceptors (Lipinski definition) is 4. The zero-order chi connectivity index (χ0) is 14.6. The van der Waals surface area contributed by atoms with E-state index in [9.17, 15) is 18.0 Å². The molecule has 1 unspecified atom stereocenters. The third-order valence-corrected chi connectivity index (χ3v) is 4.98. The van der Waals surface area contributed by atoms with Gasteiger partial charge in [-0.1, -0.05) is 13.8 Å². The van der Waals surface area contributed by atoms with E-state index in [1.165, 1.54) is 0 Å². The number of carbonyl (C=O) groups excluding carboxylic acids is 1. The summed E-state index contributed by atoms with van der Waals surface area (Å²) in [6.45, 7) is 3.76. The van der Waals surface area contributed by atoms with E-state index in [1.807, 2.05) is 13.8 Å². The minimum atomic E-state index is -3.00. The van der Waals surface area contributed by atoms with Gasteiger partial charge in [0, 0.05) is 6.42 Å². The van der Waals surface area contributed by atoms with Gasteiger partial charge in [0.25, 0.3) is 0 Å². The van der Waals surface area contributed by atoms with Crippen molar-refractivity contribution in [2.75, 3.05) is 11.5 Å². The topological polar surface area (TPSA) is 101 Å². The second-order valence-corrected chi connectivity index (χ2v) is 7.79.